The molecule has 0 atom stereocenters. The molecule has 170 valence electrons. The molecule has 0 bridgehead atoms. The smallest absolute Gasteiger partial charge is 0.0561 e. The normalized spacial score (nSPS) is 11.3. The molecule has 0 spiro atoms. The zero-order chi connectivity index (χ0) is 23.9. The van der Waals surface area contributed by atoms with E-state index in [1.165, 1.54) is 32.6 Å². The van der Waals surface area contributed by atoms with Gasteiger partial charge >= 0.3 is 0 Å². The van der Waals surface area contributed by atoms with Gasteiger partial charge in [-0.2, -0.15) is 0 Å². The number of aromatic nitrogens is 1. The molecule has 0 aliphatic heterocycles. The third-order valence-corrected chi connectivity index (χ3v) is 6.94. The molecule has 7 rings (SSSR count). The Morgan fingerprint density at radius 2 is 1.00 bits per heavy atom. The Morgan fingerprint density at radius 3 is 1.83 bits per heavy atom. The largest absolute Gasteiger partial charge is 0.310 e. The van der Waals surface area contributed by atoms with Crippen LogP contribution in [-0.4, -0.2) is 4.57 Å². The van der Waals surface area contributed by atoms with Gasteiger partial charge < -0.3 is 9.47 Å². The molecular formula is C34H24N2. The highest BCUT2D eigenvalue weighted by atomic mass is 15.1. The van der Waals surface area contributed by atoms with Crippen molar-refractivity contribution >= 4 is 49.6 Å². The summed E-state index contributed by atoms with van der Waals surface area (Å²) in [6.07, 6.45) is 0. The molecule has 0 fully saturated rings. The van der Waals surface area contributed by atoms with E-state index in [-0.39, 0.29) is 0 Å². The van der Waals surface area contributed by atoms with E-state index in [0.717, 1.165) is 22.7 Å². The van der Waals surface area contributed by atoms with Gasteiger partial charge in [-0.25, -0.2) is 0 Å². The lowest BCUT2D eigenvalue weighted by Crippen LogP contribution is -2.10. The third-order valence-electron chi connectivity index (χ3n) is 6.94. The number of benzene rings is 6. The standard InChI is InChI=1S/C34H24N2/c1-3-13-27(14-4-1)35(29-20-19-25-11-7-8-12-26(25)23-29)30-21-22-32-31-17-9-10-18-33(31)36(34(32)24-30)28-15-5-2-6-16-28/h1-24H. The van der Waals surface area contributed by atoms with Gasteiger partial charge in [0.05, 0.1) is 11.0 Å². The van der Waals surface area contributed by atoms with Gasteiger partial charge in [-0.15, -0.1) is 0 Å². The van der Waals surface area contributed by atoms with E-state index in [2.05, 4.69) is 155 Å². The van der Waals surface area contributed by atoms with Gasteiger partial charge in [-0.3, -0.25) is 0 Å². The molecule has 36 heavy (non-hydrogen) atoms. The van der Waals surface area contributed by atoms with E-state index < -0.39 is 0 Å². The Bertz CT molecular complexity index is 1830. The molecule has 0 amide bonds. The van der Waals surface area contributed by atoms with Crippen molar-refractivity contribution in [2.24, 2.45) is 0 Å². The Kier molecular flexibility index (Phi) is 4.82. The summed E-state index contributed by atoms with van der Waals surface area (Å²) < 4.78 is 2.37. The fraction of sp³-hybridized carbons (Fsp3) is 0. The number of hydrogen-bond acceptors (Lipinski definition) is 1. The highest BCUT2D eigenvalue weighted by Crippen LogP contribution is 2.40. The first-order valence-electron chi connectivity index (χ1n) is 12.3. The van der Waals surface area contributed by atoms with E-state index in [4.69, 9.17) is 0 Å². The average molecular weight is 461 g/mol. The summed E-state index contributed by atoms with van der Waals surface area (Å²) >= 11 is 0. The minimum absolute atomic E-state index is 1.13. The number of hydrogen-bond donors (Lipinski definition) is 0. The van der Waals surface area contributed by atoms with Crippen LogP contribution in [0.3, 0.4) is 0 Å². The van der Waals surface area contributed by atoms with Crippen molar-refractivity contribution in [2.45, 2.75) is 0 Å². The van der Waals surface area contributed by atoms with Gasteiger partial charge in [0.15, 0.2) is 0 Å². The van der Waals surface area contributed by atoms with Crippen molar-refractivity contribution in [3.63, 3.8) is 0 Å². The maximum absolute atomic E-state index is 2.37. The summed E-state index contributed by atoms with van der Waals surface area (Å²) in [5.41, 5.74) is 6.98. The number of anilines is 3. The lowest BCUT2D eigenvalue weighted by Gasteiger charge is -2.26. The summed E-state index contributed by atoms with van der Waals surface area (Å²) in [6.45, 7) is 0. The average Bonchev–Trinajstić information content (AvgIpc) is 3.28. The lowest BCUT2D eigenvalue weighted by molar-refractivity contribution is 1.18. The summed E-state index contributed by atoms with van der Waals surface area (Å²) in [4.78, 5) is 2.35. The second-order valence-electron chi connectivity index (χ2n) is 9.09. The van der Waals surface area contributed by atoms with Crippen molar-refractivity contribution in [3.05, 3.63) is 146 Å². The predicted octanol–water partition coefficient (Wildman–Crippen LogP) is 9.41. The number of fused-ring (bicyclic) bond motifs is 4. The van der Waals surface area contributed by atoms with E-state index in [1.807, 2.05) is 0 Å². The topological polar surface area (TPSA) is 8.17 Å². The molecule has 0 unspecified atom stereocenters. The van der Waals surface area contributed by atoms with Crippen LogP contribution in [0.15, 0.2) is 146 Å². The summed E-state index contributed by atoms with van der Waals surface area (Å²) in [5.74, 6) is 0. The molecule has 0 saturated carbocycles. The van der Waals surface area contributed by atoms with Gasteiger partial charge in [-0.1, -0.05) is 91.0 Å². The molecule has 1 heterocycles. The van der Waals surface area contributed by atoms with Crippen molar-refractivity contribution in [1.29, 1.82) is 0 Å². The van der Waals surface area contributed by atoms with Crippen LogP contribution in [0.2, 0.25) is 0 Å². The van der Waals surface area contributed by atoms with Crippen molar-refractivity contribution in [1.82, 2.24) is 4.57 Å². The Balaban J connectivity index is 1.50. The molecule has 2 nitrogen and oxygen atoms in total. The maximum Gasteiger partial charge on any atom is 0.0561 e. The third kappa shape index (κ3) is 3.35. The van der Waals surface area contributed by atoms with Crippen molar-refractivity contribution in [2.75, 3.05) is 4.90 Å². The second-order valence-corrected chi connectivity index (χ2v) is 9.09. The number of rotatable bonds is 4. The second kappa shape index (κ2) is 8.44. The van der Waals surface area contributed by atoms with E-state index >= 15 is 0 Å². The van der Waals surface area contributed by atoms with Gasteiger partial charge in [0.25, 0.3) is 0 Å². The van der Waals surface area contributed by atoms with Crippen LogP contribution < -0.4 is 4.90 Å². The zero-order valence-electron chi connectivity index (χ0n) is 19.8. The van der Waals surface area contributed by atoms with Gasteiger partial charge in [0.1, 0.15) is 0 Å². The van der Waals surface area contributed by atoms with Crippen molar-refractivity contribution < 1.29 is 0 Å². The SMILES string of the molecule is c1ccc(N(c2ccc3ccccc3c2)c2ccc3c4ccccc4n(-c4ccccc4)c3c2)cc1. The van der Waals surface area contributed by atoms with Crippen LogP contribution in [0.1, 0.15) is 0 Å². The fourth-order valence-electron chi connectivity index (χ4n) is 5.29. The molecule has 0 N–H and O–H groups in total. The predicted molar refractivity (Wildman–Crippen MR) is 153 cm³/mol. The molecule has 2 heteroatoms. The molecule has 7 aromatic rings. The number of nitrogens with zero attached hydrogens (tertiary/aromatic N) is 2. The minimum Gasteiger partial charge on any atom is -0.310 e. The minimum atomic E-state index is 1.13. The van der Waals surface area contributed by atoms with E-state index in [1.54, 1.807) is 0 Å². The molecule has 0 saturated heterocycles. The molecule has 0 aliphatic rings. The van der Waals surface area contributed by atoms with Crippen LogP contribution in [0.25, 0.3) is 38.3 Å². The Labute approximate surface area is 210 Å². The van der Waals surface area contributed by atoms with Gasteiger partial charge in [0, 0.05) is 33.5 Å². The van der Waals surface area contributed by atoms with Crippen LogP contribution >= 0.6 is 0 Å². The molecular weight excluding hydrogens is 436 g/mol. The highest BCUT2D eigenvalue weighted by Gasteiger charge is 2.17. The van der Waals surface area contributed by atoms with Crippen LogP contribution in [0.5, 0.6) is 0 Å². The number of para-hydroxylation sites is 3. The van der Waals surface area contributed by atoms with Crippen LogP contribution in [-0.2, 0) is 0 Å². The molecule has 1 aromatic heterocycles. The lowest BCUT2D eigenvalue weighted by atomic mass is 10.1. The van der Waals surface area contributed by atoms with Gasteiger partial charge in [0.2, 0.25) is 0 Å². The van der Waals surface area contributed by atoms with Gasteiger partial charge in [-0.05, 0) is 65.4 Å². The van der Waals surface area contributed by atoms with E-state index in [9.17, 15) is 0 Å². The summed E-state index contributed by atoms with van der Waals surface area (Å²) in [5, 5.41) is 4.99. The summed E-state index contributed by atoms with van der Waals surface area (Å²) in [6, 6.07) is 52.0. The quantitative estimate of drug-likeness (QED) is 0.254. The van der Waals surface area contributed by atoms with Crippen LogP contribution in [0, 0.1) is 0 Å². The maximum atomic E-state index is 2.37. The first-order chi connectivity index (χ1) is 17.9. The van der Waals surface area contributed by atoms with Crippen LogP contribution in [0.4, 0.5) is 17.1 Å². The molecule has 0 radical (unpaired) electrons. The zero-order valence-corrected chi connectivity index (χ0v) is 19.8. The fourth-order valence-corrected chi connectivity index (χ4v) is 5.29. The molecule has 0 aliphatic carbocycles. The Morgan fingerprint density at radius 1 is 0.389 bits per heavy atom. The first kappa shape index (κ1) is 20.5. The monoisotopic (exact) mass is 460 g/mol. The summed E-state index contributed by atoms with van der Waals surface area (Å²) in [7, 11) is 0. The first-order valence-corrected chi connectivity index (χ1v) is 12.3. The molecule has 6 aromatic carbocycles. The van der Waals surface area contributed by atoms with E-state index in [0.29, 0.717) is 0 Å². The van der Waals surface area contributed by atoms with Crippen molar-refractivity contribution in [3.8, 4) is 5.69 Å². The Hall–Kier alpha value is -4.82. The highest BCUT2D eigenvalue weighted by molar-refractivity contribution is 6.10.